The molecule has 0 spiro atoms. The van der Waals surface area contributed by atoms with E-state index < -0.39 is 10.4 Å². The van der Waals surface area contributed by atoms with Gasteiger partial charge in [-0.1, -0.05) is 60.7 Å². The van der Waals surface area contributed by atoms with E-state index in [2.05, 4.69) is 103 Å². The van der Waals surface area contributed by atoms with E-state index in [4.69, 9.17) is 17.5 Å². The molecule has 0 aromatic heterocycles. The van der Waals surface area contributed by atoms with E-state index in [-0.39, 0.29) is 0 Å². The SMILES string of the molecule is C[N+](C)(C)CCc1ccccc1.C[N+](C)(C)CCc1ccccc1.O=S(=O)([O-])[O-]. The molecular weight excluding hydrogens is 388 g/mol. The molecular formula is C22H36N2O4S. The molecule has 0 amide bonds. The molecule has 0 saturated heterocycles. The number of benzene rings is 2. The Morgan fingerprint density at radius 3 is 1.07 bits per heavy atom. The van der Waals surface area contributed by atoms with Gasteiger partial charge < -0.3 is 18.1 Å². The number of hydrogen-bond donors (Lipinski definition) is 0. The van der Waals surface area contributed by atoms with Gasteiger partial charge in [-0.2, -0.15) is 0 Å². The van der Waals surface area contributed by atoms with Gasteiger partial charge in [-0.05, 0) is 11.1 Å². The second-order valence-corrected chi connectivity index (χ2v) is 9.72. The van der Waals surface area contributed by atoms with Crippen LogP contribution in [0.2, 0.25) is 0 Å². The first-order valence-electron chi connectivity index (χ1n) is 9.51. The number of likely N-dealkylation sites (N-methyl/N-ethyl adjacent to an activating group) is 2. The van der Waals surface area contributed by atoms with Gasteiger partial charge in [-0.3, -0.25) is 8.42 Å². The van der Waals surface area contributed by atoms with Gasteiger partial charge in [-0.15, -0.1) is 0 Å². The monoisotopic (exact) mass is 424 g/mol. The Bertz CT molecular complexity index is 704. The fraction of sp³-hybridized carbons (Fsp3) is 0.455. The molecule has 6 nitrogen and oxygen atoms in total. The van der Waals surface area contributed by atoms with E-state index in [1.54, 1.807) is 0 Å². The second-order valence-electron chi connectivity index (χ2n) is 8.91. The molecule has 164 valence electrons. The van der Waals surface area contributed by atoms with Crippen LogP contribution in [0.3, 0.4) is 0 Å². The quantitative estimate of drug-likeness (QED) is 0.405. The van der Waals surface area contributed by atoms with Gasteiger partial charge in [0.25, 0.3) is 0 Å². The van der Waals surface area contributed by atoms with E-state index in [0.717, 1.165) is 8.97 Å². The van der Waals surface area contributed by atoms with Crippen LogP contribution in [0.25, 0.3) is 0 Å². The summed E-state index contributed by atoms with van der Waals surface area (Å²) >= 11 is 0. The molecule has 0 unspecified atom stereocenters. The summed E-state index contributed by atoms with van der Waals surface area (Å²) in [6.07, 6.45) is 2.34. The van der Waals surface area contributed by atoms with Gasteiger partial charge in [-0.25, -0.2) is 0 Å². The topological polar surface area (TPSA) is 80.3 Å². The molecule has 0 aliphatic rings. The number of rotatable bonds is 6. The molecule has 0 bridgehead atoms. The van der Waals surface area contributed by atoms with E-state index in [1.165, 1.54) is 37.1 Å². The maximum Gasteiger partial charge on any atom is 0.0821 e. The predicted octanol–water partition coefficient (Wildman–Crippen LogP) is 2.53. The van der Waals surface area contributed by atoms with Gasteiger partial charge in [0.1, 0.15) is 0 Å². The van der Waals surface area contributed by atoms with Crippen molar-refractivity contribution < 1.29 is 26.5 Å². The standard InChI is InChI=1S/2C11H18N.H2O4S/c2*1-12(2,3)10-9-11-7-5-4-6-8-11;1-5(2,3)4/h2*4-8H,9-10H2,1-3H3;(H2,1,2,3,4)/q2*+1;/p-2. The van der Waals surface area contributed by atoms with Crippen LogP contribution in [0.1, 0.15) is 11.1 Å². The Hall–Kier alpha value is -1.77. The average Bonchev–Trinajstić information content (AvgIpc) is 2.58. The van der Waals surface area contributed by atoms with Gasteiger partial charge in [0.05, 0.1) is 55.4 Å². The minimum absolute atomic E-state index is 1.04. The van der Waals surface area contributed by atoms with Crippen LogP contribution < -0.4 is 0 Å². The number of quaternary nitrogens is 2. The summed E-state index contributed by atoms with van der Waals surface area (Å²) in [6.45, 7) is 2.40. The van der Waals surface area contributed by atoms with Crippen LogP contribution in [0.15, 0.2) is 60.7 Å². The van der Waals surface area contributed by atoms with Crippen molar-refractivity contribution in [3.05, 3.63) is 71.8 Å². The van der Waals surface area contributed by atoms with Crippen molar-refractivity contribution in [3.63, 3.8) is 0 Å². The zero-order valence-corrected chi connectivity index (χ0v) is 19.4. The third kappa shape index (κ3) is 22.4. The fourth-order valence-electron chi connectivity index (χ4n) is 2.22. The highest BCUT2D eigenvalue weighted by Crippen LogP contribution is 2.03. The van der Waals surface area contributed by atoms with Crippen molar-refractivity contribution in [1.82, 2.24) is 0 Å². The van der Waals surface area contributed by atoms with Crippen LogP contribution in [0.4, 0.5) is 0 Å². The van der Waals surface area contributed by atoms with Gasteiger partial charge in [0.15, 0.2) is 0 Å². The molecule has 0 heterocycles. The van der Waals surface area contributed by atoms with Crippen molar-refractivity contribution in [2.24, 2.45) is 0 Å². The molecule has 7 heteroatoms. The van der Waals surface area contributed by atoms with E-state index in [9.17, 15) is 0 Å². The third-order valence-corrected chi connectivity index (χ3v) is 3.83. The Kier molecular flexibility index (Phi) is 11.9. The van der Waals surface area contributed by atoms with E-state index in [1.807, 2.05) is 0 Å². The minimum atomic E-state index is -5.17. The normalized spacial score (nSPS) is 11.6. The lowest BCUT2D eigenvalue weighted by Gasteiger charge is -2.23. The second kappa shape index (κ2) is 12.7. The highest BCUT2D eigenvalue weighted by Gasteiger charge is 2.06. The summed E-state index contributed by atoms with van der Waals surface area (Å²) < 4.78 is 36.2. The molecule has 0 atom stereocenters. The first-order chi connectivity index (χ1) is 13.2. The Labute approximate surface area is 177 Å². The Morgan fingerprint density at radius 1 is 0.621 bits per heavy atom. The Morgan fingerprint density at radius 2 is 0.862 bits per heavy atom. The van der Waals surface area contributed by atoms with Crippen LogP contribution >= 0.6 is 0 Å². The zero-order chi connectivity index (χ0) is 22.6. The molecule has 0 fully saturated rings. The molecule has 0 N–H and O–H groups in total. The third-order valence-electron chi connectivity index (χ3n) is 3.83. The lowest BCUT2D eigenvalue weighted by Crippen LogP contribution is -2.36. The van der Waals surface area contributed by atoms with Gasteiger partial charge >= 0.3 is 0 Å². The predicted molar refractivity (Wildman–Crippen MR) is 117 cm³/mol. The fourth-order valence-corrected chi connectivity index (χ4v) is 2.22. The summed E-state index contributed by atoms with van der Waals surface area (Å²) in [7, 11) is 8.18. The number of nitrogens with zero attached hydrogens (tertiary/aromatic N) is 2. The van der Waals surface area contributed by atoms with Gasteiger partial charge in [0, 0.05) is 23.2 Å². The molecule has 0 aliphatic heterocycles. The lowest BCUT2D eigenvalue weighted by atomic mass is 10.1. The maximum atomic E-state index is 8.52. The lowest BCUT2D eigenvalue weighted by molar-refractivity contribution is -0.870. The van der Waals surface area contributed by atoms with E-state index >= 15 is 0 Å². The minimum Gasteiger partial charge on any atom is -0.759 e. The smallest absolute Gasteiger partial charge is 0.0821 e. The summed E-state index contributed by atoms with van der Waals surface area (Å²) in [4.78, 5) is 0. The van der Waals surface area contributed by atoms with E-state index in [0.29, 0.717) is 0 Å². The molecule has 0 saturated carbocycles. The first kappa shape index (κ1) is 27.2. The highest BCUT2D eigenvalue weighted by molar-refractivity contribution is 7.79. The van der Waals surface area contributed by atoms with Crippen LogP contribution in [0.5, 0.6) is 0 Å². The zero-order valence-electron chi connectivity index (χ0n) is 18.5. The number of hydrogen-bond acceptors (Lipinski definition) is 4. The van der Waals surface area contributed by atoms with Crippen molar-refractivity contribution in [2.45, 2.75) is 12.8 Å². The molecule has 0 aliphatic carbocycles. The molecule has 2 rings (SSSR count). The summed E-state index contributed by atoms with van der Waals surface area (Å²) in [5.41, 5.74) is 2.87. The van der Waals surface area contributed by atoms with Crippen molar-refractivity contribution >= 4 is 10.4 Å². The Balaban J connectivity index is 0.000000442. The van der Waals surface area contributed by atoms with Crippen LogP contribution in [-0.2, 0) is 23.2 Å². The van der Waals surface area contributed by atoms with Crippen LogP contribution in [0, 0.1) is 0 Å². The van der Waals surface area contributed by atoms with Gasteiger partial charge in [0.2, 0.25) is 0 Å². The maximum absolute atomic E-state index is 8.52. The van der Waals surface area contributed by atoms with Crippen molar-refractivity contribution in [3.8, 4) is 0 Å². The molecule has 29 heavy (non-hydrogen) atoms. The molecule has 2 aromatic rings. The van der Waals surface area contributed by atoms with Crippen LogP contribution in [-0.4, -0.2) is 81.9 Å². The molecule has 2 aromatic carbocycles. The van der Waals surface area contributed by atoms with Crippen molar-refractivity contribution in [2.75, 3.05) is 55.4 Å². The molecule has 0 radical (unpaired) electrons. The summed E-state index contributed by atoms with van der Waals surface area (Å²) in [6, 6.07) is 21.3. The van der Waals surface area contributed by atoms with Crippen molar-refractivity contribution in [1.29, 1.82) is 0 Å². The first-order valence-corrected chi connectivity index (χ1v) is 10.8. The summed E-state index contributed by atoms with van der Waals surface area (Å²) in [5.74, 6) is 0. The highest BCUT2D eigenvalue weighted by atomic mass is 32.3. The largest absolute Gasteiger partial charge is 0.759 e. The summed E-state index contributed by atoms with van der Waals surface area (Å²) in [5, 5.41) is 0. The average molecular weight is 425 g/mol.